The molecule has 100 valence electrons. The van der Waals surface area contributed by atoms with Crippen molar-refractivity contribution in [3.8, 4) is 6.07 Å². The summed E-state index contributed by atoms with van der Waals surface area (Å²) >= 11 is 0. The topological polar surface area (TPSA) is 23.8 Å². The third-order valence-electron chi connectivity index (χ3n) is 3.93. The van der Waals surface area contributed by atoms with Gasteiger partial charge >= 0.3 is 0 Å². The predicted octanol–water partition coefficient (Wildman–Crippen LogP) is 5.85. The van der Waals surface area contributed by atoms with Crippen LogP contribution >= 0.6 is 0 Å². The molecule has 0 spiro atoms. The molecule has 1 nitrogen and oxygen atoms in total. The van der Waals surface area contributed by atoms with Crippen LogP contribution in [0.3, 0.4) is 0 Å². The lowest BCUT2D eigenvalue weighted by molar-refractivity contribution is 0.297. The summed E-state index contributed by atoms with van der Waals surface area (Å²) in [7, 11) is 0. The van der Waals surface area contributed by atoms with E-state index >= 15 is 0 Å². The number of hydrogen-bond acceptors (Lipinski definition) is 1. The molecule has 0 aliphatic carbocycles. The summed E-state index contributed by atoms with van der Waals surface area (Å²) in [6, 6.07) is 2.62. The maximum atomic E-state index is 9.44. The van der Waals surface area contributed by atoms with Crippen LogP contribution in [0.5, 0.6) is 0 Å². The Morgan fingerprint density at radius 1 is 0.765 bits per heavy atom. The van der Waals surface area contributed by atoms with Crippen LogP contribution in [-0.2, 0) is 0 Å². The zero-order valence-corrected chi connectivity index (χ0v) is 12.2. The fraction of sp³-hybridized carbons (Fsp3) is 0.938. The molecule has 0 radical (unpaired) electrons. The lowest BCUT2D eigenvalue weighted by atomic mass is 9.77. The summed E-state index contributed by atoms with van der Waals surface area (Å²) in [4.78, 5) is 0. The minimum atomic E-state index is -0.0124. The molecule has 0 heterocycles. The molecule has 1 heteroatoms. The molecule has 0 saturated heterocycles. The molecule has 0 N–H and O–H groups in total. The second-order valence-corrected chi connectivity index (χ2v) is 5.37. The summed E-state index contributed by atoms with van der Waals surface area (Å²) in [5.74, 6) is 0. The normalized spacial score (nSPS) is 11.4. The van der Waals surface area contributed by atoms with E-state index in [0.29, 0.717) is 0 Å². The van der Waals surface area contributed by atoms with Gasteiger partial charge in [-0.2, -0.15) is 5.26 Å². The molecule has 0 amide bonds. The molecule has 0 saturated carbocycles. The summed E-state index contributed by atoms with van der Waals surface area (Å²) in [5, 5.41) is 9.44. The van der Waals surface area contributed by atoms with Crippen LogP contribution in [0.2, 0.25) is 0 Å². The van der Waals surface area contributed by atoms with Gasteiger partial charge in [-0.05, 0) is 19.3 Å². The van der Waals surface area contributed by atoms with Crippen molar-refractivity contribution in [2.75, 3.05) is 0 Å². The molecular weight excluding hydrogens is 206 g/mol. The molecule has 0 rings (SSSR count). The minimum absolute atomic E-state index is 0.0124. The maximum Gasteiger partial charge on any atom is 0.0689 e. The molecule has 17 heavy (non-hydrogen) atoms. The van der Waals surface area contributed by atoms with Crippen molar-refractivity contribution in [1.82, 2.24) is 0 Å². The van der Waals surface area contributed by atoms with Gasteiger partial charge in [-0.3, -0.25) is 0 Å². The van der Waals surface area contributed by atoms with Gasteiger partial charge in [0.05, 0.1) is 11.5 Å². The number of rotatable bonds is 11. The van der Waals surface area contributed by atoms with E-state index in [9.17, 15) is 5.26 Å². The Hall–Kier alpha value is -0.510. The second-order valence-electron chi connectivity index (χ2n) is 5.37. The molecule has 0 aromatic rings. The van der Waals surface area contributed by atoms with Gasteiger partial charge in [-0.1, -0.05) is 72.1 Å². The van der Waals surface area contributed by atoms with Gasteiger partial charge in [0.15, 0.2) is 0 Å². The third kappa shape index (κ3) is 7.42. The first kappa shape index (κ1) is 16.5. The first-order valence-electron chi connectivity index (χ1n) is 7.66. The first-order valence-corrected chi connectivity index (χ1v) is 7.66. The number of unbranched alkanes of at least 4 members (excludes halogenated alkanes) is 6. The van der Waals surface area contributed by atoms with Crippen LogP contribution in [0.1, 0.15) is 91.4 Å². The van der Waals surface area contributed by atoms with Crippen LogP contribution < -0.4 is 0 Å². The monoisotopic (exact) mass is 237 g/mol. The van der Waals surface area contributed by atoms with Crippen molar-refractivity contribution in [1.29, 1.82) is 5.26 Å². The average Bonchev–Trinajstić information content (AvgIpc) is 2.37. The molecule has 0 aliphatic rings. The van der Waals surface area contributed by atoms with Gasteiger partial charge in [0.1, 0.15) is 0 Å². The van der Waals surface area contributed by atoms with Gasteiger partial charge in [-0.25, -0.2) is 0 Å². The van der Waals surface area contributed by atoms with Crippen molar-refractivity contribution in [2.45, 2.75) is 91.4 Å². The van der Waals surface area contributed by atoms with Gasteiger partial charge in [0, 0.05) is 0 Å². The highest BCUT2D eigenvalue weighted by Gasteiger charge is 2.26. The average molecular weight is 237 g/mol. The molecular formula is C16H31N. The summed E-state index contributed by atoms with van der Waals surface area (Å²) < 4.78 is 0. The van der Waals surface area contributed by atoms with E-state index in [4.69, 9.17) is 0 Å². The van der Waals surface area contributed by atoms with Crippen LogP contribution in [0, 0.1) is 16.7 Å². The Balaban J connectivity index is 3.94. The van der Waals surface area contributed by atoms with Gasteiger partial charge in [0.25, 0.3) is 0 Å². The number of nitriles is 1. The van der Waals surface area contributed by atoms with E-state index < -0.39 is 0 Å². The van der Waals surface area contributed by atoms with Crippen molar-refractivity contribution in [3.63, 3.8) is 0 Å². The van der Waals surface area contributed by atoms with Gasteiger partial charge in [-0.15, -0.1) is 0 Å². The zero-order chi connectivity index (χ0) is 13.0. The van der Waals surface area contributed by atoms with Crippen molar-refractivity contribution >= 4 is 0 Å². The number of nitrogens with zero attached hydrogens (tertiary/aromatic N) is 1. The van der Waals surface area contributed by atoms with Crippen LogP contribution in [0.15, 0.2) is 0 Å². The molecule has 0 aliphatic heterocycles. The molecule has 0 bridgehead atoms. The molecule has 0 atom stereocenters. The van der Waals surface area contributed by atoms with E-state index in [1.165, 1.54) is 51.4 Å². The quantitative estimate of drug-likeness (QED) is 0.414. The fourth-order valence-electron chi connectivity index (χ4n) is 2.45. The Morgan fingerprint density at radius 3 is 1.53 bits per heavy atom. The Bertz CT molecular complexity index is 190. The maximum absolute atomic E-state index is 9.44. The van der Waals surface area contributed by atoms with E-state index in [1.807, 2.05) is 0 Å². The highest BCUT2D eigenvalue weighted by atomic mass is 14.4. The highest BCUT2D eigenvalue weighted by molar-refractivity contribution is 4.97. The Kier molecular flexibility index (Phi) is 10.3. The van der Waals surface area contributed by atoms with Crippen LogP contribution in [0.4, 0.5) is 0 Å². The number of hydrogen-bond donors (Lipinski definition) is 0. The first-order chi connectivity index (χ1) is 8.24. The highest BCUT2D eigenvalue weighted by Crippen LogP contribution is 2.34. The lowest BCUT2D eigenvalue weighted by Gasteiger charge is -2.25. The smallest absolute Gasteiger partial charge is 0.0689 e. The van der Waals surface area contributed by atoms with Crippen LogP contribution in [-0.4, -0.2) is 0 Å². The van der Waals surface area contributed by atoms with Crippen LogP contribution in [0.25, 0.3) is 0 Å². The molecule has 0 aromatic carbocycles. The summed E-state index contributed by atoms with van der Waals surface area (Å²) in [5.41, 5.74) is -0.0124. The van der Waals surface area contributed by atoms with E-state index in [0.717, 1.165) is 19.3 Å². The Morgan fingerprint density at radius 2 is 1.24 bits per heavy atom. The second kappa shape index (κ2) is 10.6. The van der Waals surface area contributed by atoms with Gasteiger partial charge in [0.2, 0.25) is 0 Å². The predicted molar refractivity (Wildman–Crippen MR) is 75.9 cm³/mol. The molecule has 0 fully saturated rings. The van der Waals surface area contributed by atoms with Gasteiger partial charge < -0.3 is 0 Å². The zero-order valence-electron chi connectivity index (χ0n) is 12.2. The van der Waals surface area contributed by atoms with E-state index in [2.05, 4.69) is 26.8 Å². The van der Waals surface area contributed by atoms with Crippen molar-refractivity contribution < 1.29 is 0 Å². The lowest BCUT2D eigenvalue weighted by Crippen LogP contribution is -2.17. The summed E-state index contributed by atoms with van der Waals surface area (Å²) in [6.07, 6.45) is 13.5. The minimum Gasteiger partial charge on any atom is -0.198 e. The third-order valence-corrected chi connectivity index (χ3v) is 3.93. The SMILES string of the molecule is CCCCCCC(C#N)(CC)CCCCCC. The fourth-order valence-corrected chi connectivity index (χ4v) is 2.45. The van der Waals surface area contributed by atoms with Crippen molar-refractivity contribution in [2.24, 2.45) is 5.41 Å². The summed E-state index contributed by atoms with van der Waals surface area (Å²) in [6.45, 7) is 6.66. The Labute approximate surface area is 109 Å². The molecule has 0 aromatic heterocycles. The van der Waals surface area contributed by atoms with Crippen molar-refractivity contribution in [3.05, 3.63) is 0 Å². The molecule has 0 unspecified atom stereocenters. The van der Waals surface area contributed by atoms with E-state index in [1.54, 1.807) is 0 Å². The largest absolute Gasteiger partial charge is 0.198 e. The standard InChI is InChI=1S/C16H31N/c1-4-7-9-11-13-16(6-3,15-17)14-12-10-8-5-2/h4-14H2,1-3H3. The van der Waals surface area contributed by atoms with E-state index in [-0.39, 0.29) is 5.41 Å².